The smallest absolute Gasteiger partial charge is 0.309 e. The largest absolute Gasteiger partial charge is 0.481 e. The Kier molecular flexibility index (Phi) is 2.59. The maximum absolute atomic E-state index is 10.9. The van der Waals surface area contributed by atoms with Crippen molar-refractivity contribution in [2.24, 2.45) is 7.05 Å². The van der Waals surface area contributed by atoms with E-state index in [4.69, 9.17) is 5.11 Å². The van der Waals surface area contributed by atoms with Gasteiger partial charge in [0.2, 0.25) is 0 Å². The van der Waals surface area contributed by atoms with Crippen molar-refractivity contribution in [2.45, 2.75) is 6.42 Å². The number of hydrogen-bond acceptors (Lipinski definition) is 2. The number of carbonyl (C=O) groups is 1. The number of carboxylic acid groups (broad SMARTS) is 1. The highest BCUT2D eigenvalue weighted by atomic mass is 16.4. The number of fused-ring (bicyclic) bond motifs is 1. The molecule has 2 N–H and O–H groups in total. The van der Waals surface area contributed by atoms with Crippen molar-refractivity contribution in [3.8, 4) is 11.1 Å². The van der Waals surface area contributed by atoms with Crippen LogP contribution in [0.25, 0.3) is 22.0 Å². The number of carboxylic acids is 1. The molecule has 0 aliphatic rings. The average Bonchev–Trinajstić information content (AvgIpc) is 2.94. The van der Waals surface area contributed by atoms with Gasteiger partial charge in [0.1, 0.15) is 0 Å². The number of hydrogen-bond donors (Lipinski definition) is 2. The van der Waals surface area contributed by atoms with Gasteiger partial charge in [0.15, 0.2) is 0 Å². The second kappa shape index (κ2) is 4.28. The Balaban J connectivity index is 2.20. The molecule has 0 saturated carbocycles. The highest BCUT2D eigenvalue weighted by Gasteiger charge is 2.15. The molecule has 1 aromatic carbocycles. The fourth-order valence-electron chi connectivity index (χ4n) is 2.39. The molecule has 0 saturated heterocycles. The zero-order valence-electron chi connectivity index (χ0n) is 10.4. The molecular formula is C14H13N3O2. The highest BCUT2D eigenvalue weighted by molar-refractivity contribution is 5.96. The SMILES string of the molecule is Cn1cc(-c2cn[nH]c2CC(=O)O)c2ccccc21. The van der Waals surface area contributed by atoms with Crippen molar-refractivity contribution in [3.63, 3.8) is 0 Å². The van der Waals surface area contributed by atoms with Crippen LogP contribution in [0.15, 0.2) is 36.7 Å². The molecule has 0 radical (unpaired) electrons. The van der Waals surface area contributed by atoms with Crippen LogP contribution in [0.2, 0.25) is 0 Å². The van der Waals surface area contributed by atoms with E-state index in [2.05, 4.69) is 10.2 Å². The number of para-hydroxylation sites is 1. The number of nitrogens with one attached hydrogen (secondary N) is 1. The number of H-pyrrole nitrogens is 1. The normalized spacial score (nSPS) is 11.0. The Morgan fingerprint density at radius 1 is 1.37 bits per heavy atom. The zero-order valence-corrected chi connectivity index (χ0v) is 10.4. The second-order valence-corrected chi connectivity index (χ2v) is 4.50. The molecule has 0 aliphatic carbocycles. The van der Waals surface area contributed by atoms with Crippen LogP contribution in [-0.2, 0) is 18.3 Å². The summed E-state index contributed by atoms with van der Waals surface area (Å²) in [6.07, 6.45) is 3.62. The fourth-order valence-corrected chi connectivity index (χ4v) is 2.39. The summed E-state index contributed by atoms with van der Waals surface area (Å²) in [7, 11) is 1.97. The van der Waals surface area contributed by atoms with Crippen molar-refractivity contribution in [1.82, 2.24) is 14.8 Å². The lowest BCUT2D eigenvalue weighted by atomic mass is 10.0. The van der Waals surface area contributed by atoms with Crippen LogP contribution in [0, 0.1) is 0 Å². The van der Waals surface area contributed by atoms with Gasteiger partial charge in [0.05, 0.1) is 18.3 Å². The summed E-state index contributed by atoms with van der Waals surface area (Å²) in [6.45, 7) is 0. The molecule has 0 fully saturated rings. The van der Waals surface area contributed by atoms with Crippen LogP contribution in [0.4, 0.5) is 0 Å². The second-order valence-electron chi connectivity index (χ2n) is 4.50. The summed E-state index contributed by atoms with van der Waals surface area (Å²) in [6, 6.07) is 8.03. The first-order valence-corrected chi connectivity index (χ1v) is 5.95. The minimum atomic E-state index is -0.870. The van der Waals surface area contributed by atoms with E-state index in [9.17, 15) is 4.79 Å². The minimum Gasteiger partial charge on any atom is -0.481 e. The quantitative estimate of drug-likeness (QED) is 0.753. The van der Waals surface area contributed by atoms with Gasteiger partial charge in [-0.3, -0.25) is 9.89 Å². The molecule has 0 amide bonds. The molecule has 0 aliphatic heterocycles. The molecule has 2 heterocycles. The maximum atomic E-state index is 10.9. The third-order valence-corrected chi connectivity index (χ3v) is 3.23. The van der Waals surface area contributed by atoms with Gasteiger partial charge in [-0.05, 0) is 6.07 Å². The van der Waals surface area contributed by atoms with E-state index in [-0.39, 0.29) is 6.42 Å². The fraction of sp³-hybridized carbons (Fsp3) is 0.143. The van der Waals surface area contributed by atoms with Crippen molar-refractivity contribution in [2.75, 3.05) is 0 Å². The number of aromatic amines is 1. The van der Waals surface area contributed by atoms with Crippen LogP contribution in [0.3, 0.4) is 0 Å². The Morgan fingerprint density at radius 3 is 2.95 bits per heavy atom. The minimum absolute atomic E-state index is 0.0570. The summed E-state index contributed by atoms with van der Waals surface area (Å²) in [5.74, 6) is -0.870. The van der Waals surface area contributed by atoms with E-state index >= 15 is 0 Å². The molecule has 2 aromatic heterocycles. The topological polar surface area (TPSA) is 70.9 Å². The van der Waals surface area contributed by atoms with E-state index in [1.807, 2.05) is 42.1 Å². The van der Waals surface area contributed by atoms with Crippen LogP contribution in [-0.4, -0.2) is 25.8 Å². The summed E-state index contributed by atoms with van der Waals surface area (Å²) in [5.41, 5.74) is 3.59. The Bertz CT molecular complexity index is 755. The third-order valence-electron chi connectivity index (χ3n) is 3.23. The van der Waals surface area contributed by atoms with Gasteiger partial charge in [0, 0.05) is 35.3 Å². The summed E-state index contributed by atoms with van der Waals surface area (Å²) in [4.78, 5) is 10.9. The third kappa shape index (κ3) is 1.89. The van der Waals surface area contributed by atoms with Crippen LogP contribution >= 0.6 is 0 Å². The van der Waals surface area contributed by atoms with Crippen molar-refractivity contribution >= 4 is 16.9 Å². The number of aromatic nitrogens is 3. The Labute approximate surface area is 109 Å². The molecule has 3 rings (SSSR count). The molecule has 0 spiro atoms. The van der Waals surface area contributed by atoms with Gasteiger partial charge in [-0.1, -0.05) is 18.2 Å². The van der Waals surface area contributed by atoms with E-state index in [0.29, 0.717) is 5.69 Å². The highest BCUT2D eigenvalue weighted by Crippen LogP contribution is 2.31. The summed E-state index contributed by atoms with van der Waals surface area (Å²) < 4.78 is 2.03. The maximum Gasteiger partial charge on any atom is 0.309 e. The monoisotopic (exact) mass is 255 g/mol. The van der Waals surface area contributed by atoms with Crippen molar-refractivity contribution in [3.05, 3.63) is 42.4 Å². The molecule has 5 nitrogen and oxygen atoms in total. The molecule has 19 heavy (non-hydrogen) atoms. The number of aryl methyl sites for hydroxylation is 1. The molecule has 0 unspecified atom stereocenters. The van der Waals surface area contributed by atoms with Crippen LogP contribution < -0.4 is 0 Å². The first-order valence-electron chi connectivity index (χ1n) is 5.95. The Hall–Kier alpha value is -2.56. The average molecular weight is 255 g/mol. The van der Waals surface area contributed by atoms with Gasteiger partial charge in [-0.25, -0.2) is 0 Å². The molecule has 0 bridgehead atoms. The van der Waals surface area contributed by atoms with Crippen LogP contribution in [0.1, 0.15) is 5.69 Å². The van der Waals surface area contributed by atoms with Crippen molar-refractivity contribution in [1.29, 1.82) is 0 Å². The van der Waals surface area contributed by atoms with E-state index in [0.717, 1.165) is 22.0 Å². The lowest BCUT2D eigenvalue weighted by molar-refractivity contribution is -0.136. The molecular weight excluding hydrogens is 242 g/mol. The lowest BCUT2D eigenvalue weighted by Gasteiger charge is -1.99. The molecule has 3 aromatic rings. The van der Waals surface area contributed by atoms with E-state index < -0.39 is 5.97 Å². The van der Waals surface area contributed by atoms with Gasteiger partial charge in [0.25, 0.3) is 0 Å². The predicted molar refractivity (Wildman–Crippen MR) is 71.8 cm³/mol. The summed E-state index contributed by atoms with van der Waals surface area (Å²) in [5, 5.41) is 16.8. The molecule has 96 valence electrons. The zero-order chi connectivity index (χ0) is 13.4. The number of rotatable bonds is 3. The molecule has 5 heteroatoms. The van der Waals surface area contributed by atoms with E-state index in [1.54, 1.807) is 6.20 Å². The lowest BCUT2D eigenvalue weighted by Crippen LogP contribution is -2.01. The first kappa shape index (κ1) is 11.5. The predicted octanol–water partition coefficient (Wildman–Crippen LogP) is 2.20. The van der Waals surface area contributed by atoms with E-state index in [1.165, 1.54) is 0 Å². The Morgan fingerprint density at radius 2 is 2.16 bits per heavy atom. The van der Waals surface area contributed by atoms with Gasteiger partial charge >= 0.3 is 5.97 Å². The number of nitrogens with zero attached hydrogens (tertiary/aromatic N) is 2. The number of aliphatic carboxylic acids is 1. The summed E-state index contributed by atoms with van der Waals surface area (Å²) >= 11 is 0. The van der Waals surface area contributed by atoms with Crippen LogP contribution in [0.5, 0.6) is 0 Å². The van der Waals surface area contributed by atoms with Gasteiger partial charge in [-0.2, -0.15) is 5.10 Å². The molecule has 0 atom stereocenters. The van der Waals surface area contributed by atoms with Crippen molar-refractivity contribution < 1.29 is 9.90 Å². The van der Waals surface area contributed by atoms with Gasteiger partial charge < -0.3 is 9.67 Å². The standard InChI is InChI=1S/C14H13N3O2/c1-17-8-11(9-4-2-3-5-13(9)17)10-7-15-16-12(10)6-14(18)19/h2-5,7-8H,6H2,1H3,(H,15,16)(H,18,19). The number of benzene rings is 1. The van der Waals surface area contributed by atoms with Gasteiger partial charge in [-0.15, -0.1) is 0 Å². The first-order chi connectivity index (χ1) is 9.16.